The minimum Gasteiger partial charge on any atom is -0.497 e. The third-order valence-electron chi connectivity index (χ3n) is 6.39. The van der Waals surface area contributed by atoms with Gasteiger partial charge in [-0.1, -0.05) is 12.8 Å². The van der Waals surface area contributed by atoms with Crippen LogP contribution >= 0.6 is 0 Å². The smallest absolute Gasteiger partial charge is 0.264 e. The molecule has 3 aromatic rings. The average molecular weight is 576 g/mol. The molecular formula is C27H30FN3O6S2. The Hall–Kier alpha value is -3.48. The lowest BCUT2D eigenvalue weighted by molar-refractivity contribution is -0.114. The number of hydrogen-bond acceptors (Lipinski definition) is 6. The predicted octanol–water partition coefficient (Wildman–Crippen LogP) is 4.23. The Morgan fingerprint density at radius 1 is 0.846 bits per heavy atom. The molecule has 0 unspecified atom stereocenters. The summed E-state index contributed by atoms with van der Waals surface area (Å²) in [6.45, 7) is 0.346. The van der Waals surface area contributed by atoms with Crippen molar-refractivity contribution in [2.45, 2.75) is 35.5 Å². The SMILES string of the molecule is COc1ccc(S(=O)(=O)N(CC(=O)Nc2ccc(S(=O)(=O)N3CCCCCC3)cc2)c2ccc(F)cc2)cc1. The van der Waals surface area contributed by atoms with E-state index in [0.29, 0.717) is 24.5 Å². The molecule has 1 N–H and O–H groups in total. The average Bonchev–Trinajstić information content (AvgIpc) is 3.23. The first-order valence-corrected chi connectivity index (χ1v) is 15.3. The fourth-order valence-corrected chi connectivity index (χ4v) is 7.21. The molecule has 0 spiro atoms. The second-order valence-corrected chi connectivity index (χ2v) is 12.9. The van der Waals surface area contributed by atoms with Crippen LogP contribution in [-0.2, 0) is 24.8 Å². The van der Waals surface area contributed by atoms with E-state index >= 15 is 0 Å². The molecule has 0 aliphatic carbocycles. The van der Waals surface area contributed by atoms with Crippen molar-refractivity contribution < 1.29 is 30.8 Å². The van der Waals surface area contributed by atoms with Crippen LogP contribution in [-0.4, -0.2) is 53.8 Å². The van der Waals surface area contributed by atoms with Crippen LogP contribution in [0, 0.1) is 5.82 Å². The van der Waals surface area contributed by atoms with Gasteiger partial charge in [0.05, 0.1) is 22.6 Å². The zero-order valence-electron chi connectivity index (χ0n) is 21.4. The maximum Gasteiger partial charge on any atom is 0.264 e. The lowest BCUT2D eigenvalue weighted by Crippen LogP contribution is -2.38. The molecule has 1 amide bonds. The molecule has 208 valence electrons. The number of methoxy groups -OCH3 is 1. The van der Waals surface area contributed by atoms with Crippen molar-refractivity contribution in [3.63, 3.8) is 0 Å². The van der Waals surface area contributed by atoms with E-state index in [4.69, 9.17) is 4.74 Å². The number of carbonyl (C=O) groups excluding carboxylic acids is 1. The number of sulfonamides is 2. The summed E-state index contributed by atoms with van der Waals surface area (Å²) in [7, 11) is -6.41. The zero-order chi connectivity index (χ0) is 28.0. The molecule has 1 aliphatic heterocycles. The summed E-state index contributed by atoms with van der Waals surface area (Å²) >= 11 is 0. The van der Waals surface area contributed by atoms with Gasteiger partial charge in [-0.2, -0.15) is 4.31 Å². The normalized spacial score (nSPS) is 14.8. The molecule has 3 aromatic carbocycles. The van der Waals surface area contributed by atoms with E-state index in [9.17, 15) is 26.0 Å². The number of amides is 1. The minimum absolute atomic E-state index is 0.0801. The number of halogens is 1. The molecule has 0 saturated carbocycles. The highest BCUT2D eigenvalue weighted by atomic mass is 32.2. The molecule has 9 nitrogen and oxygen atoms in total. The maximum absolute atomic E-state index is 13.6. The Morgan fingerprint density at radius 2 is 1.41 bits per heavy atom. The predicted molar refractivity (Wildman–Crippen MR) is 146 cm³/mol. The van der Waals surface area contributed by atoms with Crippen LogP contribution in [0.25, 0.3) is 0 Å². The van der Waals surface area contributed by atoms with E-state index < -0.39 is 38.3 Å². The number of ether oxygens (including phenoxy) is 1. The van der Waals surface area contributed by atoms with Gasteiger partial charge < -0.3 is 10.1 Å². The van der Waals surface area contributed by atoms with Gasteiger partial charge in [-0.05, 0) is 85.6 Å². The van der Waals surface area contributed by atoms with E-state index in [-0.39, 0.29) is 15.5 Å². The quantitative estimate of drug-likeness (QED) is 0.409. The number of carbonyl (C=O) groups is 1. The van der Waals surface area contributed by atoms with Crippen LogP contribution in [0.2, 0.25) is 0 Å². The number of nitrogens with one attached hydrogen (secondary N) is 1. The highest BCUT2D eigenvalue weighted by Gasteiger charge is 2.28. The number of rotatable bonds is 9. The van der Waals surface area contributed by atoms with Crippen molar-refractivity contribution in [2.75, 3.05) is 36.4 Å². The van der Waals surface area contributed by atoms with Gasteiger partial charge in [-0.3, -0.25) is 9.10 Å². The molecule has 1 fully saturated rings. The minimum atomic E-state index is -4.21. The zero-order valence-corrected chi connectivity index (χ0v) is 23.0. The van der Waals surface area contributed by atoms with E-state index in [1.165, 1.54) is 72.1 Å². The van der Waals surface area contributed by atoms with Crippen molar-refractivity contribution in [3.05, 3.63) is 78.6 Å². The second-order valence-electron chi connectivity index (χ2n) is 9.05. The van der Waals surface area contributed by atoms with Crippen molar-refractivity contribution >= 4 is 37.3 Å². The van der Waals surface area contributed by atoms with Gasteiger partial charge in [-0.25, -0.2) is 21.2 Å². The molecule has 0 aromatic heterocycles. The molecule has 39 heavy (non-hydrogen) atoms. The summed E-state index contributed by atoms with van der Waals surface area (Å²) in [4.78, 5) is 13.0. The van der Waals surface area contributed by atoms with Gasteiger partial charge >= 0.3 is 0 Å². The molecule has 0 bridgehead atoms. The Balaban J connectivity index is 1.53. The molecular weight excluding hydrogens is 545 g/mol. The molecule has 0 radical (unpaired) electrons. The highest BCUT2D eigenvalue weighted by molar-refractivity contribution is 7.92. The van der Waals surface area contributed by atoms with Gasteiger partial charge in [0.2, 0.25) is 15.9 Å². The first-order valence-electron chi connectivity index (χ1n) is 12.4. The second kappa shape index (κ2) is 12.1. The molecule has 12 heteroatoms. The summed E-state index contributed by atoms with van der Waals surface area (Å²) in [5, 5.41) is 2.62. The largest absolute Gasteiger partial charge is 0.497 e. The standard InChI is InChI=1S/C27H30FN3O6S2/c1-37-24-12-16-26(17-13-24)39(35,36)31(23-10-6-21(28)7-11-23)20-27(32)29-22-8-14-25(15-9-22)38(33,34)30-18-4-2-3-5-19-30/h6-17H,2-5,18-20H2,1H3,(H,29,32). The van der Waals surface area contributed by atoms with Gasteiger partial charge in [0.15, 0.2) is 0 Å². The molecule has 1 heterocycles. The Morgan fingerprint density at radius 3 is 1.97 bits per heavy atom. The van der Waals surface area contributed by atoms with Crippen LogP contribution in [0.3, 0.4) is 0 Å². The van der Waals surface area contributed by atoms with Gasteiger partial charge in [0, 0.05) is 18.8 Å². The molecule has 4 rings (SSSR count). The van der Waals surface area contributed by atoms with Crippen molar-refractivity contribution in [1.82, 2.24) is 4.31 Å². The number of benzene rings is 3. The highest BCUT2D eigenvalue weighted by Crippen LogP contribution is 2.26. The van der Waals surface area contributed by atoms with Gasteiger partial charge in [0.1, 0.15) is 18.1 Å². The summed E-state index contributed by atoms with van der Waals surface area (Å²) < 4.78 is 74.0. The Labute approximate surface area is 228 Å². The van der Waals surface area contributed by atoms with E-state index in [2.05, 4.69) is 5.32 Å². The van der Waals surface area contributed by atoms with Crippen molar-refractivity contribution in [2.24, 2.45) is 0 Å². The summed E-state index contributed by atoms with van der Waals surface area (Å²) in [5.41, 5.74) is 0.400. The Bertz CT molecular complexity index is 1490. The lowest BCUT2D eigenvalue weighted by atomic mass is 10.2. The molecule has 1 aliphatic rings. The Kier molecular flexibility index (Phi) is 8.88. The third-order valence-corrected chi connectivity index (χ3v) is 10.1. The number of hydrogen-bond donors (Lipinski definition) is 1. The van der Waals surface area contributed by atoms with E-state index in [1.54, 1.807) is 0 Å². The van der Waals surface area contributed by atoms with Crippen LogP contribution in [0.15, 0.2) is 82.6 Å². The van der Waals surface area contributed by atoms with E-state index in [0.717, 1.165) is 42.1 Å². The summed E-state index contributed by atoms with van der Waals surface area (Å²) in [6, 6.07) is 16.2. The van der Waals surface area contributed by atoms with Crippen molar-refractivity contribution in [3.8, 4) is 5.75 Å². The molecule has 1 saturated heterocycles. The van der Waals surface area contributed by atoms with Crippen LogP contribution in [0.1, 0.15) is 25.7 Å². The van der Waals surface area contributed by atoms with Crippen LogP contribution < -0.4 is 14.4 Å². The first kappa shape index (κ1) is 28.5. The maximum atomic E-state index is 13.6. The monoisotopic (exact) mass is 575 g/mol. The van der Waals surface area contributed by atoms with Crippen LogP contribution in [0.5, 0.6) is 5.75 Å². The van der Waals surface area contributed by atoms with Crippen molar-refractivity contribution in [1.29, 1.82) is 0 Å². The lowest BCUT2D eigenvalue weighted by Gasteiger charge is -2.24. The van der Waals surface area contributed by atoms with Gasteiger partial charge in [-0.15, -0.1) is 0 Å². The van der Waals surface area contributed by atoms with Gasteiger partial charge in [0.25, 0.3) is 10.0 Å². The fourth-order valence-electron chi connectivity index (χ4n) is 4.27. The summed E-state index contributed by atoms with van der Waals surface area (Å²) in [6.07, 6.45) is 3.63. The first-order chi connectivity index (χ1) is 18.6. The molecule has 0 atom stereocenters. The fraction of sp³-hybridized carbons (Fsp3) is 0.296. The summed E-state index contributed by atoms with van der Waals surface area (Å²) in [5.74, 6) is -0.763. The topological polar surface area (TPSA) is 113 Å². The number of nitrogens with zero attached hydrogens (tertiary/aromatic N) is 2. The number of anilines is 2. The van der Waals surface area contributed by atoms with E-state index in [1.807, 2.05) is 0 Å². The third kappa shape index (κ3) is 6.75. The van der Waals surface area contributed by atoms with Crippen LogP contribution in [0.4, 0.5) is 15.8 Å².